The first kappa shape index (κ1) is 24.2. The van der Waals surface area contributed by atoms with Gasteiger partial charge in [0.15, 0.2) is 29.5 Å². The Hall–Kier alpha value is -2.45. The Kier molecular flexibility index (Phi) is 7.56. The van der Waals surface area contributed by atoms with Crippen molar-refractivity contribution >= 4 is 11.5 Å². The number of benzene rings is 2. The fourth-order valence-corrected chi connectivity index (χ4v) is 4.63. The van der Waals surface area contributed by atoms with E-state index in [4.69, 9.17) is 18.9 Å². The van der Waals surface area contributed by atoms with Gasteiger partial charge in [-0.15, -0.1) is 0 Å². The summed E-state index contributed by atoms with van der Waals surface area (Å²) in [5.41, 5.74) is 0.460. The molecule has 7 nitrogen and oxygen atoms in total. The van der Waals surface area contributed by atoms with Crippen LogP contribution in [0.3, 0.4) is 0 Å². The van der Waals surface area contributed by atoms with Crippen molar-refractivity contribution in [3.8, 4) is 23.0 Å². The van der Waals surface area contributed by atoms with E-state index < -0.39 is 5.72 Å². The second-order valence-corrected chi connectivity index (χ2v) is 7.89. The largest absolute Gasteiger partial charge is 1.00 e. The summed E-state index contributed by atoms with van der Waals surface area (Å²) in [4.78, 5) is 2.17. The number of hydrogen-bond acceptors (Lipinski definition) is 6. The number of rotatable bonds is 6. The van der Waals surface area contributed by atoms with E-state index >= 15 is 0 Å². The molecule has 8 heteroatoms. The number of aliphatic hydroxyl groups is 1. The Bertz CT molecular complexity index is 996. The molecule has 0 aromatic heterocycles. The molecule has 0 aliphatic carbocycles. The molecule has 0 fully saturated rings. The maximum Gasteiger partial charge on any atom is 0.271 e. The molecule has 2 aliphatic heterocycles. The van der Waals surface area contributed by atoms with Gasteiger partial charge in [0.25, 0.3) is 11.6 Å². The highest BCUT2D eigenvalue weighted by molar-refractivity contribution is 5.97. The zero-order valence-corrected chi connectivity index (χ0v) is 20.6. The Balaban J connectivity index is 0.00000289. The van der Waals surface area contributed by atoms with Crippen LogP contribution in [0.1, 0.15) is 31.2 Å². The van der Waals surface area contributed by atoms with Gasteiger partial charge in [0.05, 0.1) is 35.0 Å². The number of anilines is 1. The highest BCUT2D eigenvalue weighted by atomic mass is 79.9. The van der Waals surface area contributed by atoms with Crippen LogP contribution >= 0.6 is 0 Å². The summed E-state index contributed by atoms with van der Waals surface area (Å²) in [6.07, 6.45) is 4.12. The first-order chi connectivity index (χ1) is 15.0. The summed E-state index contributed by atoms with van der Waals surface area (Å²) in [6, 6.07) is 11.4. The van der Waals surface area contributed by atoms with Crippen LogP contribution in [0.15, 0.2) is 36.4 Å². The molecule has 1 unspecified atom stereocenters. The SMILES string of the molecule is COc1ccc(OC)c(N2CC(O)(c3ccc(OC)c(OC)c3)[N+]3=C2CCCCC3)c1.[Br-]. The molecule has 0 radical (unpaired) electrons. The van der Waals surface area contributed by atoms with Crippen LogP contribution in [-0.2, 0) is 5.72 Å². The fourth-order valence-electron chi connectivity index (χ4n) is 4.63. The van der Waals surface area contributed by atoms with Gasteiger partial charge in [-0.2, -0.15) is 0 Å². The third-order valence-electron chi connectivity index (χ3n) is 6.25. The first-order valence-electron chi connectivity index (χ1n) is 10.6. The van der Waals surface area contributed by atoms with Crippen LogP contribution in [0.2, 0.25) is 0 Å². The predicted octanol–water partition coefficient (Wildman–Crippen LogP) is 0.375. The lowest BCUT2D eigenvalue weighted by molar-refractivity contribution is -0.658. The summed E-state index contributed by atoms with van der Waals surface area (Å²) in [5, 5.41) is 12.1. The molecule has 0 spiro atoms. The van der Waals surface area contributed by atoms with Crippen molar-refractivity contribution in [1.29, 1.82) is 0 Å². The minimum absolute atomic E-state index is 0. The van der Waals surface area contributed by atoms with Crippen molar-refractivity contribution in [3.63, 3.8) is 0 Å². The molecule has 0 saturated carbocycles. The van der Waals surface area contributed by atoms with Crippen LogP contribution in [0.4, 0.5) is 5.69 Å². The lowest BCUT2D eigenvalue weighted by Gasteiger charge is -2.24. The minimum Gasteiger partial charge on any atom is -1.00 e. The average Bonchev–Trinajstić information content (AvgIpc) is 2.96. The van der Waals surface area contributed by atoms with Crippen molar-refractivity contribution < 1.29 is 45.6 Å². The standard InChI is InChI=1S/C24H31N2O5.BrH/c1-28-18-10-12-20(29-2)19(15-18)25-16-24(27,26-13-7-5-6-8-23(25)26)17-9-11-21(30-3)22(14-17)31-4;/h9-12,14-15,27H,5-8,13,16H2,1-4H3;1H/q+1;/p-1. The van der Waals surface area contributed by atoms with E-state index in [0.717, 1.165) is 60.8 Å². The second-order valence-electron chi connectivity index (χ2n) is 7.89. The predicted molar refractivity (Wildman–Crippen MR) is 119 cm³/mol. The quantitative estimate of drug-likeness (QED) is 0.571. The van der Waals surface area contributed by atoms with Crippen LogP contribution in [-0.4, -0.2) is 57.0 Å². The summed E-state index contributed by atoms with van der Waals surface area (Å²) < 4.78 is 24.2. The van der Waals surface area contributed by atoms with E-state index in [2.05, 4.69) is 9.48 Å². The third kappa shape index (κ3) is 4.13. The maximum absolute atomic E-state index is 12.1. The van der Waals surface area contributed by atoms with Crippen molar-refractivity contribution in [2.24, 2.45) is 0 Å². The van der Waals surface area contributed by atoms with E-state index in [1.54, 1.807) is 28.4 Å². The third-order valence-corrected chi connectivity index (χ3v) is 6.25. The van der Waals surface area contributed by atoms with Crippen molar-refractivity contribution in [2.45, 2.75) is 31.4 Å². The van der Waals surface area contributed by atoms with E-state index in [1.165, 1.54) is 0 Å². The summed E-state index contributed by atoms with van der Waals surface area (Å²) >= 11 is 0. The number of hydrogen-bond donors (Lipinski definition) is 1. The Morgan fingerprint density at radius 2 is 1.56 bits per heavy atom. The summed E-state index contributed by atoms with van der Waals surface area (Å²) in [6.45, 7) is 1.16. The van der Waals surface area contributed by atoms with Gasteiger partial charge in [0, 0.05) is 18.1 Å². The van der Waals surface area contributed by atoms with Crippen molar-refractivity contribution in [1.82, 2.24) is 0 Å². The molecule has 2 aromatic carbocycles. The smallest absolute Gasteiger partial charge is 0.271 e. The molecular weight excluding hydrogens is 476 g/mol. The van der Waals surface area contributed by atoms with Gasteiger partial charge in [0.1, 0.15) is 5.75 Å². The molecule has 4 rings (SSSR count). The van der Waals surface area contributed by atoms with Crippen LogP contribution < -0.4 is 40.8 Å². The van der Waals surface area contributed by atoms with Crippen molar-refractivity contribution in [2.75, 3.05) is 46.4 Å². The number of halogens is 1. The molecule has 2 aliphatic rings. The molecule has 32 heavy (non-hydrogen) atoms. The van der Waals surface area contributed by atoms with Gasteiger partial charge in [-0.1, -0.05) is 0 Å². The van der Waals surface area contributed by atoms with E-state index in [-0.39, 0.29) is 17.0 Å². The number of β-amino-alcohol motifs (C(OH)–C–C–N with tert-alkyl or cyclic N) is 1. The first-order valence-corrected chi connectivity index (χ1v) is 10.6. The van der Waals surface area contributed by atoms with Crippen molar-refractivity contribution in [3.05, 3.63) is 42.0 Å². The van der Waals surface area contributed by atoms with Gasteiger partial charge in [-0.3, -0.25) is 0 Å². The zero-order valence-electron chi connectivity index (χ0n) is 19.1. The van der Waals surface area contributed by atoms with E-state index in [9.17, 15) is 5.11 Å². The summed E-state index contributed by atoms with van der Waals surface area (Å²) in [5.74, 6) is 3.83. The molecular formula is C24H31BrN2O5. The van der Waals surface area contributed by atoms with Gasteiger partial charge >= 0.3 is 0 Å². The molecule has 2 heterocycles. The molecule has 1 N–H and O–H groups in total. The number of amidine groups is 1. The van der Waals surface area contributed by atoms with Gasteiger partial charge < -0.3 is 41.0 Å². The average molecular weight is 507 g/mol. The van der Waals surface area contributed by atoms with E-state index in [0.29, 0.717) is 18.0 Å². The normalized spacial score (nSPS) is 20.2. The van der Waals surface area contributed by atoms with Crippen LogP contribution in [0.5, 0.6) is 23.0 Å². The highest BCUT2D eigenvalue weighted by Crippen LogP contribution is 2.42. The number of methoxy groups -OCH3 is 4. The molecule has 0 amide bonds. The topological polar surface area (TPSA) is 63.4 Å². The Morgan fingerprint density at radius 3 is 2.25 bits per heavy atom. The highest BCUT2D eigenvalue weighted by Gasteiger charge is 2.53. The van der Waals surface area contributed by atoms with E-state index in [1.807, 2.05) is 36.4 Å². The minimum atomic E-state index is -1.20. The lowest BCUT2D eigenvalue weighted by Crippen LogP contribution is -3.00. The number of ether oxygens (including phenoxy) is 4. The van der Waals surface area contributed by atoms with Gasteiger partial charge in [-0.05, 0) is 49.6 Å². The molecule has 0 saturated heterocycles. The molecule has 2 aromatic rings. The maximum atomic E-state index is 12.1. The zero-order chi connectivity index (χ0) is 22.0. The molecule has 1 atom stereocenters. The molecule has 174 valence electrons. The Morgan fingerprint density at radius 1 is 0.844 bits per heavy atom. The molecule has 0 bridgehead atoms. The monoisotopic (exact) mass is 506 g/mol. The fraction of sp³-hybridized carbons (Fsp3) is 0.458. The second kappa shape index (κ2) is 10.0. The van der Waals surface area contributed by atoms with Gasteiger partial charge in [-0.25, -0.2) is 9.48 Å². The number of nitrogens with zero attached hydrogens (tertiary/aromatic N) is 2. The van der Waals surface area contributed by atoms with Gasteiger partial charge in [0.2, 0.25) is 0 Å². The van der Waals surface area contributed by atoms with Crippen LogP contribution in [0.25, 0.3) is 0 Å². The Labute approximate surface area is 199 Å². The van der Waals surface area contributed by atoms with Crippen LogP contribution in [0, 0.1) is 0 Å². The summed E-state index contributed by atoms with van der Waals surface area (Å²) in [7, 11) is 6.54. The lowest BCUT2D eigenvalue weighted by atomic mass is 10.0.